The van der Waals surface area contributed by atoms with Gasteiger partial charge in [-0.2, -0.15) is 0 Å². The summed E-state index contributed by atoms with van der Waals surface area (Å²) >= 11 is 0. The lowest BCUT2D eigenvalue weighted by Crippen LogP contribution is -2.30. The van der Waals surface area contributed by atoms with E-state index in [2.05, 4.69) is 106 Å². The van der Waals surface area contributed by atoms with Crippen LogP contribution in [0, 0.1) is 0 Å². The molecule has 0 fully saturated rings. The number of ether oxygens (including phenoxy) is 3. The Hall–Kier alpha value is -3.27. The number of aliphatic hydroxyl groups is 2. The van der Waals surface area contributed by atoms with E-state index in [9.17, 15) is 43.5 Å². The first-order valence-electron chi connectivity index (χ1n) is 36.9. The van der Waals surface area contributed by atoms with Gasteiger partial charge in [0.15, 0.2) is 6.10 Å². The summed E-state index contributed by atoms with van der Waals surface area (Å²) in [6.45, 7) is 2.54. The first kappa shape index (κ1) is 89.7. The Morgan fingerprint density at radius 2 is 0.570 bits per heavy atom. The van der Waals surface area contributed by atoms with Gasteiger partial charge in [0.25, 0.3) is 0 Å². The molecule has 16 nitrogen and oxygen atoms in total. The second-order valence-corrected chi connectivity index (χ2v) is 27.6. The molecule has 0 heterocycles. The molecule has 0 aliphatic heterocycles. The largest absolute Gasteiger partial charge is 0.472 e. The zero-order valence-corrected chi connectivity index (χ0v) is 60.5. The summed E-state index contributed by atoms with van der Waals surface area (Å²) in [5, 5.41) is 20.6. The van der Waals surface area contributed by atoms with Crippen LogP contribution < -0.4 is 0 Å². The molecule has 93 heavy (non-hydrogen) atoms. The van der Waals surface area contributed by atoms with Crippen LogP contribution in [0.1, 0.15) is 316 Å². The molecule has 18 heteroatoms. The van der Waals surface area contributed by atoms with E-state index in [0.29, 0.717) is 19.3 Å². The van der Waals surface area contributed by atoms with Gasteiger partial charge in [-0.25, -0.2) is 9.13 Å². The molecule has 0 amide bonds. The molecule has 4 N–H and O–H groups in total. The molecule has 0 spiro atoms. The molecule has 5 atom stereocenters. The van der Waals surface area contributed by atoms with Crippen LogP contribution in [0.2, 0.25) is 0 Å². The van der Waals surface area contributed by atoms with E-state index in [0.717, 1.165) is 122 Å². The van der Waals surface area contributed by atoms with Crippen molar-refractivity contribution >= 4 is 33.6 Å². The minimum Gasteiger partial charge on any atom is -0.463 e. The molecular weight excluding hydrogens is 1220 g/mol. The Morgan fingerprint density at radius 1 is 0.312 bits per heavy atom. The number of unbranched alkanes of at least 4 members (excludes halogenated alkanes) is 33. The van der Waals surface area contributed by atoms with Gasteiger partial charge in [-0.15, -0.1) is 0 Å². The van der Waals surface area contributed by atoms with Crippen LogP contribution in [-0.4, -0.2) is 95.9 Å². The van der Waals surface area contributed by atoms with Crippen molar-refractivity contribution in [1.82, 2.24) is 0 Å². The minimum atomic E-state index is -4.92. The van der Waals surface area contributed by atoms with Gasteiger partial charge < -0.3 is 34.2 Å². The van der Waals surface area contributed by atoms with Crippen molar-refractivity contribution in [3.8, 4) is 0 Å². The van der Waals surface area contributed by atoms with Gasteiger partial charge in [-0.3, -0.25) is 32.5 Å². The highest BCUT2D eigenvalue weighted by Gasteiger charge is 2.29. The molecule has 0 saturated carbocycles. The van der Waals surface area contributed by atoms with Gasteiger partial charge >= 0.3 is 33.6 Å². The van der Waals surface area contributed by atoms with Crippen molar-refractivity contribution in [2.24, 2.45) is 0 Å². The van der Waals surface area contributed by atoms with E-state index in [1.807, 2.05) is 0 Å². The standard InChI is InChI=1S/C75H134O16P2/c1-4-7-10-13-16-19-22-25-27-28-29-30-31-32-33-34-35-36-37-38-39-40-42-45-46-49-52-55-58-61-73(78)85-64-70(76)65-87-92(81,82)88-66-71(77)67-89-93(83,84)90-69-72(91-75(80)63-60-57-54-51-48-43-24-21-18-15-12-9-6-3)68-86-74(79)62-59-56-53-50-47-44-41-26-23-20-17-14-11-8-5-2/h8,11,16-17,19-20,25-27,29-30,32-33,41,70-72,76-77H,4-7,9-10,12-15,18,21-24,28,31,34-40,42-69H2,1-3H3,(H,81,82)(H,83,84)/b11-8-,19-16-,20-17-,27-25-,30-29-,33-32-,41-26-. The van der Waals surface area contributed by atoms with Crippen LogP contribution in [0.15, 0.2) is 85.1 Å². The maximum atomic E-state index is 12.9. The maximum absolute atomic E-state index is 12.9. The number of allylic oxidation sites excluding steroid dienone is 14. The zero-order valence-electron chi connectivity index (χ0n) is 58.7. The average molecular weight is 1350 g/mol. The Morgan fingerprint density at radius 3 is 0.925 bits per heavy atom. The molecule has 5 unspecified atom stereocenters. The third-order valence-electron chi connectivity index (χ3n) is 15.6. The fraction of sp³-hybridized carbons (Fsp3) is 0.773. The molecule has 0 saturated heterocycles. The number of carbonyl (C=O) groups is 3. The smallest absolute Gasteiger partial charge is 0.463 e. The Labute approximate surface area is 565 Å². The lowest BCUT2D eigenvalue weighted by Gasteiger charge is -2.21. The van der Waals surface area contributed by atoms with Gasteiger partial charge in [0.2, 0.25) is 0 Å². The molecule has 0 bridgehead atoms. The number of hydrogen-bond donors (Lipinski definition) is 4. The van der Waals surface area contributed by atoms with Crippen molar-refractivity contribution < 1.29 is 75.8 Å². The molecule has 0 aliphatic carbocycles. The highest BCUT2D eigenvalue weighted by Crippen LogP contribution is 2.45. The first-order valence-corrected chi connectivity index (χ1v) is 39.9. The Balaban J connectivity index is 4.43. The van der Waals surface area contributed by atoms with Crippen LogP contribution in [0.3, 0.4) is 0 Å². The predicted octanol–water partition coefficient (Wildman–Crippen LogP) is 20.9. The van der Waals surface area contributed by atoms with Gasteiger partial charge in [-0.1, -0.05) is 286 Å². The number of carbonyl (C=O) groups excluding carboxylic acids is 3. The number of aliphatic hydroxyl groups excluding tert-OH is 2. The van der Waals surface area contributed by atoms with E-state index in [1.54, 1.807) is 0 Å². The van der Waals surface area contributed by atoms with Gasteiger partial charge in [-0.05, 0) is 96.3 Å². The third-order valence-corrected chi connectivity index (χ3v) is 17.5. The summed E-state index contributed by atoms with van der Waals surface area (Å²) in [6, 6.07) is 0. The quantitative estimate of drug-likeness (QED) is 0.0146. The van der Waals surface area contributed by atoms with Crippen molar-refractivity contribution in [2.75, 3.05) is 39.6 Å². The van der Waals surface area contributed by atoms with Crippen LogP contribution in [0.4, 0.5) is 0 Å². The molecule has 0 rings (SSSR count). The molecule has 0 aliphatic rings. The van der Waals surface area contributed by atoms with Crippen LogP contribution in [0.25, 0.3) is 0 Å². The van der Waals surface area contributed by atoms with E-state index < -0.39 is 91.5 Å². The molecule has 0 aromatic carbocycles. The first-order chi connectivity index (χ1) is 45.2. The molecule has 0 aromatic heterocycles. The summed E-state index contributed by atoms with van der Waals surface area (Å²) in [4.78, 5) is 58.4. The second-order valence-electron chi connectivity index (χ2n) is 24.7. The van der Waals surface area contributed by atoms with E-state index in [4.69, 9.17) is 32.3 Å². The van der Waals surface area contributed by atoms with Crippen molar-refractivity contribution in [3.05, 3.63) is 85.1 Å². The van der Waals surface area contributed by atoms with Crippen molar-refractivity contribution in [3.63, 3.8) is 0 Å². The van der Waals surface area contributed by atoms with Gasteiger partial charge in [0, 0.05) is 19.3 Å². The summed E-state index contributed by atoms with van der Waals surface area (Å²) in [5.74, 6) is -1.58. The van der Waals surface area contributed by atoms with Crippen LogP contribution >= 0.6 is 15.6 Å². The predicted molar refractivity (Wildman–Crippen MR) is 381 cm³/mol. The number of rotatable bonds is 70. The molecule has 0 radical (unpaired) electrons. The number of esters is 3. The highest BCUT2D eigenvalue weighted by molar-refractivity contribution is 7.47. The average Bonchev–Trinajstić information content (AvgIpc) is 3.75. The summed E-state index contributed by atoms with van der Waals surface area (Å²) in [6.07, 6.45) is 75.0. The highest BCUT2D eigenvalue weighted by atomic mass is 31.2. The minimum absolute atomic E-state index is 0.105. The normalized spacial score (nSPS) is 14.6. The van der Waals surface area contributed by atoms with Crippen LogP contribution in [0.5, 0.6) is 0 Å². The fourth-order valence-electron chi connectivity index (χ4n) is 9.98. The summed E-state index contributed by atoms with van der Waals surface area (Å²) < 4.78 is 60.9. The van der Waals surface area contributed by atoms with Crippen LogP contribution in [-0.2, 0) is 55.8 Å². The number of phosphoric ester groups is 2. The third kappa shape index (κ3) is 69.9. The summed E-state index contributed by atoms with van der Waals surface area (Å²) in [7, 11) is -9.77. The second kappa shape index (κ2) is 68.7. The number of phosphoric acid groups is 2. The topological polar surface area (TPSA) is 231 Å². The Bertz CT molecular complexity index is 2040. The summed E-state index contributed by atoms with van der Waals surface area (Å²) in [5.41, 5.74) is 0. The monoisotopic (exact) mass is 1350 g/mol. The number of hydrogen-bond acceptors (Lipinski definition) is 14. The van der Waals surface area contributed by atoms with E-state index in [-0.39, 0.29) is 19.3 Å². The van der Waals surface area contributed by atoms with E-state index >= 15 is 0 Å². The van der Waals surface area contributed by atoms with Gasteiger partial charge in [0.05, 0.1) is 26.4 Å². The van der Waals surface area contributed by atoms with E-state index in [1.165, 1.54) is 135 Å². The fourth-order valence-corrected chi connectivity index (χ4v) is 11.6. The van der Waals surface area contributed by atoms with Crippen molar-refractivity contribution in [1.29, 1.82) is 0 Å². The lowest BCUT2D eigenvalue weighted by molar-refractivity contribution is -0.161. The lowest BCUT2D eigenvalue weighted by atomic mass is 10.0. The van der Waals surface area contributed by atoms with Crippen molar-refractivity contribution in [2.45, 2.75) is 334 Å². The Kier molecular flexibility index (Phi) is 66.2. The molecule has 0 aromatic rings. The zero-order chi connectivity index (χ0) is 68.1. The molecule has 540 valence electrons. The maximum Gasteiger partial charge on any atom is 0.472 e. The SMILES string of the molecule is CC/C=C\C/C=C\C/C=C\CCCCCCCC(=O)OCC(COP(=O)(O)OCC(O)COP(=O)(O)OCC(O)COC(=O)CCCCCCCCCCCCCCC/C=C\C/C=C\C/C=C\C/C=C\CCCCC)OC(=O)CCCCCCCCCCCCCCC. The van der Waals surface area contributed by atoms with Gasteiger partial charge in [0.1, 0.15) is 25.4 Å². The molecular formula is C75H134O16P2.